The van der Waals surface area contributed by atoms with Crippen LogP contribution >= 0.6 is 11.3 Å². The smallest absolute Gasteiger partial charge is 0.109 e. The van der Waals surface area contributed by atoms with Crippen LogP contribution in [0.1, 0.15) is 0 Å². The first kappa shape index (κ1) is 23.5. The van der Waals surface area contributed by atoms with Crippen molar-refractivity contribution in [3.63, 3.8) is 0 Å². The molecule has 0 atom stereocenters. The van der Waals surface area contributed by atoms with Crippen LogP contribution in [0.15, 0.2) is 152 Å². The molecule has 0 amide bonds. The van der Waals surface area contributed by atoms with E-state index in [-0.39, 0.29) is 0 Å². The van der Waals surface area contributed by atoms with E-state index in [9.17, 15) is 0 Å². The van der Waals surface area contributed by atoms with Gasteiger partial charge < -0.3 is 0 Å². The van der Waals surface area contributed by atoms with Crippen molar-refractivity contribution in [2.24, 2.45) is 0 Å². The summed E-state index contributed by atoms with van der Waals surface area (Å²) in [7, 11) is 0. The highest BCUT2D eigenvalue weighted by Gasteiger charge is 2.22. The molecule has 0 aliphatic heterocycles. The van der Waals surface area contributed by atoms with Crippen LogP contribution in [-0.4, -0.2) is 4.40 Å². The molecule has 0 unspecified atom stereocenters. The Morgan fingerprint density at radius 3 is 1.74 bits per heavy atom. The average molecular weight is 552 g/mol. The zero-order valence-electron chi connectivity index (χ0n) is 22.8. The molecule has 3 aromatic heterocycles. The molecule has 0 spiro atoms. The number of para-hydroxylation sites is 1. The van der Waals surface area contributed by atoms with Crippen LogP contribution in [-0.2, 0) is 0 Å². The molecule has 0 aliphatic carbocycles. The van der Waals surface area contributed by atoms with Gasteiger partial charge in [-0.15, -0.1) is 11.3 Å². The first-order chi connectivity index (χ1) is 20.8. The summed E-state index contributed by atoms with van der Waals surface area (Å²) < 4.78 is 3.84. The summed E-state index contributed by atoms with van der Waals surface area (Å²) in [6.45, 7) is 0. The van der Waals surface area contributed by atoms with Gasteiger partial charge in [0.2, 0.25) is 0 Å². The Balaban J connectivity index is 1.40. The molecule has 2 heteroatoms. The largest absolute Gasteiger partial charge is 0.299 e. The highest BCUT2D eigenvalue weighted by Crippen LogP contribution is 2.47. The van der Waals surface area contributed by atoms with E-state index in [1.165, 1.54) is 80.9 Å². The Bertz CT molecular complexity index is 2430. The van der Waals surface area contributed by atoms with E-state index in [2.05, 4.69) is 156 Å². The first-order valence-electron chi connectivity index (χ1n) is 14.4. The molecule has 0 saturated carbocycles. The first-order valence-corrected chi connectivity index (χ1v) is 15.2. The number of thiophene rings is 1. The van der Waals surface area contributed by atoms with Crippen LogP contribution in [0.3, 0.4) is 0 Å². The second-order valence-electron chi connectivity index (χ2n) is 10.9. The minimum Gasteiger partial charge on any atom is -0.299 e. The monoisotopic (exact) mass is 551 g/mol. The minimum atomic E-state index is 1.23. The van der Waals surface area contributed by atoms with Crippen molar-refractivity contribution < 1.29 is 0 Å². The second kappa shape index (κ2) is 9.17. The predicted octanol–water partition coefficient (Wildman–Crippen LogP) is 11.6. The zero-order valence-corrected chi connectivity index (χ0v) is 23.6. The zero-order chi connectivity index (χ0) is 27.6. The van der Waals surface area contributed by atoms with Gasteiger partial charge in [-0.2, -0.15) is 0 Å². The normalized spacial score (nSPS) is 11.8. The van der Waals surface area contributed by atoms with Crippen molar-refractivity contribution >= 4 is 58.8 Å². The molecule has 9 aromatic rings. The summed E-state index contributed by atoms with van der Waals surface area (Å²) in [5.74, 6) is 0. The van der Waals surface area contributed by atoms with Crippen molar-refractivity contribution in [1.82, 2.24) is 4.40 Å². The van der Waals surface area contributed by atoms with Crippen LogP contribution in [0.25, 0.3) is 80.9 Å². The van der Waals surface area contributed by atoms with Gasteiger partial charge >= 0.3 is 0 Å². The van der Waals surface area contributed by atoms with E-state index < -0.39 is 0 Å². The van der Waals surface area contributed by atoms with E-state index in [1.807, 2.05) is 11.3 Å². The molecular formula is C40H25NS. The third-order valence-corrected chi connectivity index (χ3v) is 9.74. The van der Waals surface area contributed by atoms with Gasteiger partial charge in [0.15, 0.2) is 0 Å². The maximum Gasteiger partial charge on any atom is 0.109 e. The number of rotatable bonds is 3. The fourth-order valence-electron chi connectivity index (χ4n) is 6.68. The Kier molecular flexibility index (Phi) is 5.13. The Morgan fingerprint density at radius 1 is 0.405 bits per heavy atom. The maximum absolute atomic E-state index is 2.52. The van der Waals surface area contributed by atoms with E-state index in [0.717, 1.165) is 0 Å². The Hall–Kier alpha value is -5.18. The van der Waals surface area contributed by atoms with E-state index >= 15 is 0 Å². The molecule has 0 N–H and O–H groups in total. The molecule has 0 fully saturated rings. The summed E-state index contributed by atoms with van der Waals surface area (Å²) >= 11 is 1.89. The number of hydrogen-bond acceptors (Lipinski definition) is 1. The standard InChI is InChI=1S/C40H25NS/c1-3-11-26(12-4-1)27-19-21-28(22-20-27)30-23-24-31-34(25-30)38-33-16-8-10-18-36(33)42-40(38)41-35-17-9-7-15-32(35)37(39(31)41)29-13-5-2-6-14-29/h1-25H. The molecule has 6 aromatic carbocycles. The maximum atomic E-state index is 2.52. The van der Waals surface area contributed by atoms with Crippen LogP contribution < -0.4 is 0 Å². The van der Waals surface area contributed by atoms with Gasteiger partial charge in [0.05, 0.1) is 11.0 Å². The van der Waals surface area contributed by atoms with Crippen molar-refractivity contribution in [3.8, 4) is 33.4 Å². The summed E-state index contributed by atoms with van der Waals surface area (Å²) in [6, 6.07) is 55.2. The minimum absolute atomic E-state index is 1.23. The topological polar surface area (TPSA) is 4.41 Å². The predicted molar refractivity (Wildman–Crippen MR) is 182 cm³/mol. The Morgan fingerprint density at radius 2 is 0.976 bits per heavy atom. The van der Waals surface area contributed by atoms with Gasteiger partial charge in [-0.25, -0.2) is 0 Å². The third kappa shape index (κ3) is 3.43. The summed E-state index contributed by atoms with van der Waals surface area (Å²) in [4.78, 5) is 1.30. The number of nitrogens with zero attached hydrogens (tertiary/aromatic N) is 1. The van der Waals surface area contributed by atoms with E-state index in [4.69, 9.17) is 0 Å². The van der Waals surface area contributed by atoms with Crippen LogP contribution in [0, 0.1) is 0 Å². The molecule has 3 heterocycles. The third-order valence-electron chi connectivity index (χ3n) is 8.59. The molecule has 0 radical (unpaired) electrons. The lowest BCUT2D eigenvalue weighted by Gasteiger charge is -2.12. The van der Waals surface area contributed by atoms with Crippen molar-refractivity contribution in [2.45, 2.75) is 0 Å². The lowest BCUT2D eigenvalue weighted by molar-refractivity contribution is 1.37. The highest BCUT2D eigenvalue weighted by atomic mass is 32.1. The van der Waals surface area contributed by atoms with Crippen molar-refractivity contribution in [1.29, 1.82) is 0 Å². The SMILES string of the molecule is c1ccc(-c2ccc(-c3ccc4c(c3)c3c5ccccc5sc3n3c5ccccc5c(-c5ccccc5)c43)cc2)cc1. The molecule has 1 nitrogen and oxygen atoms in total. The van der Waals surface area contributed by atoms with Gasteiger partial charge in [0, 0.05) is 31.8 Å². The molecule has 9 rings (SSSR count). The Labute approximate surface area is 247 Å². The summed E-state index contributed by atoms with van der Waals surface area (Å²) in [5.41, 5.74) is 10.0. The number of aromatic nitrogens is 1. The lowest BCUT2D eigenvalue weighted by Crippen LogP contribution is -1.90. The fourth-order valence-corrected chi connectivity index (χ4v) is 7.91. The van der Waals surface area contributed by atoms with Gasteiger partial charge in [-0.1, -0.05) is 133 Å². The van der Waals surface area contributed by atoms with Crippen molar-refractivity contribution in [2.75, 3.05) is 0 Å². The molecule has 0 saturated heterocycles. The van der Waals surface area contributed by atoms with Crippen LogP contribution in [0.4, 0.5) is 0 Å². The number of hydrogen-bond donors (Lipinski definition) is 0. The highest BCUT2D eigenvalue weighted by molar-refractivity contribution is 7.25. The molecular weight excluding hydrogens is 527 g/mol. The van der Waals surface area contributed by atoms with Crippen LogP contribution in [0.2, 0.25) is 0 Å². The van der Waals surface area contributed by atoms with Gasteiger partial charge in [-0.05, 0) is 51.4 Å². The number of pyridine rings is 1. The summed E-state index contributed by atoms with van der Waals surface area (Å²) in [6.07, 6.45) is 0. The van der Waals surface area contributed by atoms with Gasteiger partial charge in [0.1, 0.15) is 4.83 Å². The van der Waals surface area contributed by atoms with Crippen LogP contribution in [0.5, 0.6) is 0 Å². The van der Waals surface area contributed by atoms with Gasteiger partial charge in [0.25, 0.3) is 0 Å². The number of fused-ring (bicyclic) bond motifs is 10. The molecule has 196 valence electrons. The second-order valence-corrected chi connectivity index (χ2v) is 12.0. The molecule has 0 bridgehead atoms. The molecule has 0 aliphatic rings. The van der Waals surface area contributed by atoms with Gasteiger partial charge in [-0.3, -0.25) is 4.40 Å². The quantitative estimate of drug-likeness (QED) is 0.206. The van der Waals surface area contributed by atoms with E-state index in [0.29, 0.717) is 0 Å². The molecule has 42 heavy (non-hydrogen) atoms. The summed E-state index contributed by atoms with van der Waals surface area (Å²) in [5, 5.41) is 6.53. The number of benzene rings is 6. The lowest BCUT2D eigenvalue weighted by atomic mass is 9.95. The van der Waals surface area contributed by atoms with Crippen molar-refractivity contribution in [3.05, 3.63) is 152 Å². The fraction of sp³-hybridized carbons (Fsp3) is 0. The average Bonchev–Trinajstić information content (AvgIpc) is 3.62. The van der Waals surface area contributed by atoms with E-state index in [1.54, 1.807) is 0 Å².